The summed E-state index contributed by atoms with van der Waals surface area (Å²) in [4.78, 5) is 11.9. The summed E-state index contributed by atoms with van der Waals surface area (Å²) in [6.45, 7) is 0. The highest BCUT2D eigenvalue weighted by atomic mass is 79.9. The van der Waals surface area contributed by atoms with Crippen molar-refractivity contribution in [2.75, 3.05) is 5.32 Å². The van der Waals surface area contributed by atoms with E-state index in [0.717, 1.165) is 10.5 Å². The highest BCUT2D eigenvalue weighted by molar-refractivity contribution is 9.10. The number of carbonyl (C=O) groups excluding carboxylic acids is 1. The first-order chi connectivity index (χ1) is 8.58. The lowest BCUT2D eigenvalue weighted by Crippen LogP contribution is -2.12. The van der Waals surface area contributed by atoms with E-state index >= 15 is 0 Å². The summed E-state index contributed by atoms with van der Waals surface area (Å²) in [6, 6.07) is 11.1. The van der Waals surface area contributed by atoms with Crippen molar-refractivity contribution in [1.82, 2.24) is 0 Å². The Hall–Kier alpha value is -1.39. The summed E-state index contributed by atoms with van der Waals surface area (Å²) in [7, 11) is 0. The smallest absolute Gasteiger partial charge is 0.255 e. The number of nitrogens with one attached hydrogen (secondary N) is 1. The van der Waals surface area contributed by atoms with Gasteiger partial charge < -0.3 is 5.32 Å². The van der Waals surface area contributed by atoms with Crippen LogP contribution in [-0.2, 0) is 0 Å². The third-order valence-corrected chi connectivity index (χ3v) is 3.30. The summed E-state index contributed by atoms with van der Waals surface area (Å²) in [5.74, 6) is -1.01. The van der Waals surface area contributed by atoms with Gasteiger partial charge in [0.15, 0.2) is 0 Å². The molecule has 0 aliphatic rings. The van der Waals surface area contributed by atoms with E-state index in [1.165, 1.54) is 12.1 Å². The summed E-state index contributed by atoms with van der Waals surface area (Å²) >= 11 is 8.87. The van der Waals surface area contributed by atoms with Crippen LogP contribution in [-0.4, -0.2) is 5.91 Å². The van der Waals surface area contributed by atoms with Crippen LogP contribution < -0.4 is 5.32 Å². The van der Waals surface area contributed by atoms with Gasteiger partial charge in [0.2, 0.25) is 0 Å². The number of halogens is 3. The molecule has 18 heavy (non-hydrogen) atoms. The van der Waals surface area contributed by atoms with E-state index in [0.29, 0.717) is 5.69 Å². The van der Waals surface area contributed by atoms with E-state index in [1.54, 1.807) is 18.2 Å². The van der Waals surface area contributed by atoms with E-state index in [4.69, 9.17) is 11.6 Å². The Bertz CT molecular complexity index is 603. The molecule has 0 unspecified atom stereocenters. The van der Waals surface area contributed by atoms with Gasteiger partial charge in [-0.1, -0.05) is 23.7 Å². The number of hydrogen-bond acceptors (Lipinski definition) is 1. The number of rotatable bonds is 2. The zero-order chi connectivity index (χ0) is 13.1. The molecule has 92 valence electrons. The predicted molar refractivity (Wildman–Crippen MR) is 73.5 cm³/mol. The molecule has 2 aromatic rings. The van der Waals surface area contributed by atoms with E-state index in [1.807, 2.05) is 6.07 Å². The second-order valence-corrected chi connectivity index (χ2v) is 4.82. The first-order valence-corrected chi connectivity index (χ1v) is 6.26. The van der Waals surface area contributed by atoms with Crippen LogP contribution in [0.3, 0.4) is 0 Å². The highest BCUT2D eigenvalue weighted by Crippen LogP contribution is 2.22. The average molecular weight is 329 g/mol. The average Bonchev–Trinajstić information content (AvgIpc) is 2.35. The van der Waals surface area contributed by atoms with Crippen LogP contribution in [0.4, 0.5) is 10.1 Å². The highest BCUT2D eigenvalue weighted by Gasteiger charge is 2.10. The quantitative estimate of drug-likeness (QED) is 0.864. The molecule has 1 N–H and O–H groups in total. The van der Waals surface area contributed by atoms with Crippen molar-refractivity contribution in [2.24, 2.45) is 0 Å². The van der Waals surface area contributed by atoms with Gasteiger partial charge in [-0.25, -0.2) is 4.39 Å². The minimum Gasteiger partial charge on any atom is -0.321 e. The van der Waals surface area contributed by atoms with Crippen molar-refractivity contribution in [3.63, 3.8) is 0 Å². The zero-order valence-corrected chi connectivity index (χ0v) is 11.4. The lowest BCUT2D eigenvalue weighted by atomic mass is 10.2. The number of benzene rings is 2. The maximum atomic E-state index is 13.2. The van der Waals surface area contributed by atoms with Gasteiger partial charge in [-0.3, -0.25) is 4.79 Å². The zero-order valence-electron chi connectivity index (χ0n) is 9.08. The van der Waals surface area contributed by atoms with Crippen molar-refractivity contribution >= 4 is 39.1 Å². The molecule has 2 nitrogen and oxygen atoms in total. The summed E-state index contributed by atoms with van der Waals surface area (Å²) in [5, 5.41) is 2.67. The lowest BCUT2D eigenvalue weighted by Gasteiger charge is -2.07. The summed E-state index contributed by atoms with van der Waals surface area (Å²) in [6.07, 6.45) is 0. The number of anilines is 1. The normalized spacial score (nSPS) is 10.2. The topological polar surface area (TPSA) is 29.1 Å². The molecule has 0 saturated heterocycles. The van der Waals surface area contributed by atoms with Gasteiger partial charge in [-0.15, -0.1) is 0 Å². The molecule has 0 saturated carbocycles. The van der Waals surface area contributed by atoms with Gasteiger partial charge in [0.25, 0.3) is 5.91 Å². The SMILES string of the molecule is O=C(Nc1ccccc1Br)c1ccc(Cl)c(F)c1. The minimum atomic E-state index is -0.614. The van der Waals surface area contributed by atoms with Crippen molar-refractivity contribution in [2.45, 2.75) is 0 Å². The Morgan fingerprint density at radius 2 is 1.94 bits per heavy atom. The molecule has 2 rings (SSSR count). The molecule has 1 amide bonds. The van der Waals surface area contributed by atoms with Crippen LogP contribution in [0.2, 0.25) is 5.02 Å². The molecule has 0 heterocycles. The molecule has 0 fully saturated rings. The van der Waals surface area contributed by atoms with Gasteiger partial charge in [-0.05, 0) is 46.3 Å². The Morgan fingerprint density at radius 1 is 1.22 bits per heavy atom. The molecular weight excluding hydrogens is 321 g/mol. The number of carbonyl (C=O) groups is 1. The minimum absolute atomic E-state index is 0.00700. The maximum absolute atomic E-state index is 13.2. The molecule has 0 bridgehead atoms. The fourth-order valence-corrected chi connectivity index (χ4v) is 1.90. The van der Waals surface area contributed by atoms with Gasteiger partial charge in [0.05, 0.1) is 10.7 Å². The second kappa shape index (κ2) is 5.50. The molecule has 0 aliphatic heterocycles. The van der Waals surface area contributed by atoms with Gasteiger partial charge in [0.1, 0.15) is 5.82 Å². The van der Waals surface area contributed by atoms with Crippen LogP contribution in [0.15, 0.2) is 46.9 Å². The largest absolute Gasteiger partial charge is 0.321 e. The van der Waals surface area contributed by atoms with Crippen LogP contribution in [0, 0.1) is 5.82 Å². The number of para-hydroxylation sites is 1. The van der Waals surface area contributed by atoms with E-state index in [-0.39, 0.29) is 10.6 Å². The third kappa shape index (κ3) is 2.89. The first-order valence-electron chi connectivity index (χ1n) is 5.09. The van der Waals surface area contributed by atoms with E-state index < -0.39 is 11.7 Å². The third-order valence-electron chi connectivity index (χ3n) is 2.30. The van der Waals surface area contributed by atoms with E-state index in [2.05, 4.69) is 21.2 Å². The van der Waals surface area contributed by atoms with Crippen molar-refractivity contribution < 1.29 is 9.18 Å². The molecule has 0 aromatic heterocycles. The monoisotopic (exact) mass is 327 g/mol. The van der Waals surface area contributed by atoms with Gasteiger partial charge in [-0.2, -0.15) is 0 Å². The van der Waals surface area contributed by atoms with Crippen LogP contribution in [0.1, 0.15) is 10.4 Å². The van der Waals surface area contributed by atoms with Crippen molar-refractivity contribution in [3.05, 3.63) is 63.3 Å². The molecule has 0 atom stereocenters. The van der Waals surface area contributed by atoms with Crippen molar-refractivity contribution in [3.8, 4) is 0 Å². The van der Waals surface area contributed by atoms with Crippen LogP contribution in [0.25, 0.3) is 0 Å². The molecule has 0 aliphatic carbocycles. The molecule has 2 aromatic carbocycles. The molecule has 5 heteroatoms. The molecule has 0 radical (unpaired) electrons. The van der Waals surface area contributed by atoms with Crippen LogP contribution >= 0.6 is 27.5 Å². The van der Waals surface area contributed by atoms with Gasteiger partial charge >= 0.3 is 0 Å². The summed E-state index contributed by atoms with van der Waals surface area (Å²) in [5.41, 5.74) is 0.838. The van der Waals surface area contributed by atoms with Gasteiger partial charge in [0, 0.05) is 10.0 Å². The molecular formula is C13H8BrClFNO. The standard InChI is InChI=1S/C13H8BrClFNO/c14-9-3-1-2-4-12(9)17-13(18)8-5-6-10(15)11(16)7-8/h1-7H,(H,17,18). The maximum Gasteiger partial charge on any atom is 0.255 e. The fourth-order valence-electron chi connectivity index (χ4n) is 1.39. The fraction of sp³-hybridized carbons (Fsp3) is 0. The number of amides is 1. The lowest BCUT2D eigenvalue weighted by molar-refractivity contribution is 0.102. The molecule has 0 spiro atoms. The Balaban J connectivity index is 2.22. The van der Waals surface area contributed by atoms with Crippen LogP contribution in [0.5, 0.6) is 0 Å². The van der Waals surface area contributed by atoms with E-state index in [9.17, 15) is 9.18 Å². The Labute approximate surface area is 117 Å². The Morgan fingerprint density at radius 3 is 2.61 bits per heavy atom. The summed E-state index contributed by atoms with van der Waals surface area (Å²) < 4.78 is 14.0. The predicted octanol–water partition coefficient (Wildman–Crippen LogP) is 4.49. The Kier molecular flexibility index (Phi) is 3.99. The number of hydrogen-bond donors (Lipinski definition) is 1. The second-order valence-electron chi connectivity index (χ2n) is 3.56. The first kappa shape index (κ1) is 13.1. The van der Waals surface area contributed by atoms with Crippen molar-refractivity contribution in [1.29, 1.82) is 0 Å².